The van der Waals surface area contributed by atoms with Crippen LogP contribution in [0.1, 0.15) is 26.2 Å². The molecule has 0 aromatic heterocycles. The molecule has 11 nitrogen and oxygen atoms in total. The van der Waals surface area contributed by atoms with Gasteiger partial charge in [0, 0.05) is 30.8 Å². The lowest BCUT2D eigenvalue weighted by Gasteiger charge is -2.32. The van der Waals surface area contributed by atoms with Gasteiger partial charge in [-0.25, -0.2) is 0 Å². The molecule has 224 valence electrons. The molecule has 0 radical (unpaired) electrons. The van der Waals surface area contributed by atoms with Crippen LogP contribution in [0.4, 0.5) is 26.3 Å². The van der Waals surface area contributed by atoms with E-state index in [-0.39, 0.29) is 51.5 Å². The van der Waals surface area contributed by atoms with E-state index in [1.807, 2.05) is 0 Å². The highest BCUT2D eigenvalue weighted by Gasteiger charge is 2.65. The number of halogens is 6. The smallest absolute Gasteiger partial charge is 0.381 e. The number of rotatable bonds is 9. The van der Waals surface area contributed by atoms with Gasteiger partial charge in [0.25, 0.3) is 0 Å². The summed E-state index contributed by atoms with van der Waals surface area (Å²) in [6.07, 6.45) is -10.5. The van der Waals surface area contributed by atoms with Crippen molar-refractivity contribution in [3.05, 3.63) is 0 Å². The zero-order valence-electron chi connectivity index (χ0n) is 21.2. The van der Waals surface area contributed by atoms with Crippen LogP contribution in [-0.2, 0) is 33.4 Å². The van der Waals surface area contributed by atoms with Crippen LogP contribution in [-0.4, -0.2) is 97.4 Å². The van der Waals surface area contributed by atoms with E-state index < -0.39 is 83.9 Å². The summed E-state index contributed by atoms with van der Waals surface area (Å²) in [6.45, 7) is 0.359. The lowest BCUT2D eigenvalue weighted by Crippen LogP contribution is -2.60. The molecule has 0 aromatic rings. The summed E-state index contributed by atoms with van der Waals surface area (Å²) in [5.41, 5.74) is -1.89. The predicted molar refractivity (Wildman–Crippen MR) is 119 cm³/mol. The van der Waals surface area contributed by atoms with Crippen molar-refractivity contribution in [1.29, 1.82) is 0 Å². The van der Waals surface area contributed by atoms with Gasteiger partial charge in [-0.3, -0.25) is 28.7 Å². The molecule has 1 aliphatic carbocycles. The maximum atomic E-state index is 13.6. The van der Waals surface area contributed by atoms with Crippen LogP contribution in [0.15, 0.2) is 0 Å². The fourth-order valence-electron chi connectivity index (χ4n) is 5.71. The monoisotopic (exact) mass is 586 g/mol. The van der Waals surface area contributed by atoms with Gasteiger partial charge in [-0.2, -0.15) is 13.2 Å². The van der Waals surface area contributed by atoms with Crippen molar-refractivity contribution in [2.24, 2.45) is 23.7 Å². The zero-order valence-corrected chi connectivity index (χ0v) is 21.2. The summed E-state index contributed by atoms with van der Waals surface area (Å²) in [6, 6.07) is -2.93. The highest BCUT2D eigenvalue weighted by atomic mass is 19.4. The number of likely N-dealkylation sites (tertiary alicyclic amines) is 1. The Hall–Kier alpha value is -2.95. The minimum Gasteiger partial charge on any atom is -0.381 e. The third-order valence-corrected chi connectivity index (χ3v) is 8.00. The van der Waals surface area contributed by atoms with Crippen LogP contribution in [0.5, 0.6) is 0 Å². The SMILES string of the molecule is C[C@@H]1C[C@@]1(NC(=O)C(F)(F)F)C(=O)N1C[C@@H]2COC[C@@H]2[C@H]1C(=O)N[C@@H](C[C@@H]1CCNC1=O)C(=O)COC(F)(F)F. The number of ketones is 1. The summed E-state index contributed by atoms with van der Waals surface area (Å²) >= 11 is 0. The molecule has 17 heteroatoms. The third-order valence-electron chi connectivity index (χ3n) is 8.00. The second kappa shape index (κ2) is 10.8. The van der Waals surface area contributed by atoms with E-state index >= 15 is 0 Å². The molecule has 3 heterocycles. The zero-order chi connectivity index (χ0) is 29.6. The second-order valence-corrected chi connectivity index (χ2v) is 10.7. The molecule has 3 aliphatic heterocycles. The van der Waals surface area contributed by atoms with E-state index in [0.29, 0.717) is 0 Å². The van der Waals surface area contributed by atoms with Crippen molar-refractivity contribution in [2.75, 3.05) is 32.9 Å². The summed E-state index contributed by atoms with van der Waals surface area (Å²) < 4.78 is 85.6. The standard InChI is InChI=1S/C23H28F6N4O7/c1-10-5-21(10,32-19(37)22(24,25)26)20(38)33-6-12-7-39-8-13(12)16(33)18(36)31-14(4-11-2-3-30-17(11)35)15(34)9-40-23(27,28)29/h10-14,16H,2-9H2,1H3,(H,30,35)(H,31,36)(H,32,37)/t10-,11+,12-,13+,14+,16+,21+/m1/s1. The van der Waals surface area contributed by atoms with Crippen molar-refractivity contribution in [1.82, 2.24) is 20.9 Å². The maximum Gasteiger partial charge on any atom is 0.522 e. The molecule has 0 spiro atoms. The Kier molecular flexibility index (Phi) is 8.10. The first kappa shape index (κ1) is 30.0. The van der Waals surface area contributed by atoms with Crippen LogP contribution >= 0.6 is 0 Å². The highest BCUT2D eigenvalue weighted by molar-refractivity contribution is 6.00. The van der Waals surface area contributed by atoms with E-state index in [4.69, 9.17) is 4.74 Å². The Labute approximate surface area is 223 Å². The van der Waals surface area contributed by atoms with Crippen LogP contribution < -0.4 is 16.0 Å². The Bertz CT molecular complexity index is 1070. The number of hydrogen-bond donors (Lipinski definition) is 3. The Morgan fingerprint density at radius 1 is 1.18 bits per heavy atom. The lowest BCUT2D eigenvalue weighted by atomic mass is 9.92. The van der Waals surface area contributed by atoms with E-state index in [2.05, 4.69) is 15.4 Å². The number of ether oxygens (including phenoxy) is 2. The van der Waals surface area contributed by atoms with E-state index in [1.165, 1.54) is 6.92 Å². The molecular weight excluding hydrogens is 558 g/mol. The molecule has 0 bridgehead atoms. The minimum atomic E-state index is -5.25. The molecule has 3 N–H and O–H groups in total. The summed E-state index contributed by atoms with van der Waals surface area (Å²) in [4.78, 5) is 64.6. The topological polar surface area (TPSA) is 143 Å². The normalized spacial score (nSPS) is 32.3. The molecule has 4 fully saturated rings. The molecule has 7 atom stereocenters. The number of nitrogens with one attached hydrogen (secondary N) is 3. The fourth-order valence-corrected chi connectivity index (χ4v) is 5.71. The largest absolute Gasteiger partial charge is 0.522 e. The number of fused-ring (bicyclic) bond motifs is 1. The molecule has 0 unspecified atom stereocenters. The number of amides is 4. The molecular formula is C23H28F6N4O7. The first-order chi connectivity index (χ1) is 18.5. The number of hydrogen-bond acceptors (Lipinski definition) is 7. The molecule has 40 heavy (non-hydrogen) atoms. The van der Waals surface area contributed by atoms with Crippen molar-refractivity contribution in [2.45, 2.75) is 56.3 Å². The molecule has 1 saturated carbocycles. The van der Waals surface area contributed by atoms with Gasteiger partial charge in [0.1, 0.15) is 18.2 Å². The van der Waals surface area contributed by atoms with E-state index in [9.17, 15) is 50.3 Å². The Morgan fingerprint density at radius 3 is 2.40 bits per heavy atom. The Balaban J connectivity index is 1.55. The average Bonchev–Trinajstić information content (AvgIpc) is 3.22. The van der Waals surface area contributed by atoms with Gasteiger partial charge in [-0.15, -0.1) is 13.2 Å². The first-order valence-electron chi connectivity index (χ1n) is 12.6. The van der Waals surface area contributed by atoms with Crippen molar-refractivity contribution in [3.8, 4) is 0 Å². The van der Waals surface area contributed by atoms with E-state index in [1.54, 1.807) is 5.32 Å². The molecule has 4 aliphatic rings. The minimum absolute atomic E-state index is 0.00479. The van der Waals surface area contributed by atoms with E-state index in [0.717, 1.165) is 4.90 Å². The maximum absolute atomic E-state index is 13.6. The predicted octanol–water partition coefficient (Wildman–Crippen LogP) is 0.0334. The Morgan fingerprint density at radius 2 is 1.85 bits per heavy atom. The van der Waals surface area contributed by atoms with Crippen LogP contribution in [0.3, 0.4) is 0 Å². The molecule has 0 aromatic carbocycles. The first-order valence-corrected chi connectivity index (χ1v) is 12.6. The molecule has 4 rings (SSSR count). The van der Waals surface area contributed by atoms with Gasteiger partial charge >= 0.3 is 18.4 Å². The number of nitrogens with zero attached hydrogens (tertiary/aromatic N) is 1. The fraction of sp³-hybridized carbons (Fsp3) is 0.783. The van der Waals surface area contributed by atoms with Gasteiger partial charge in [-0.05, 0) is 25.2 Å². The highest BCUT2D eigenvalue weighted by Crippen LogP contribution is 2.47. The van der Waals surface area contributed by atoms with Gasteiger partial charge in [0.05, 0.1) is 19.3 Å². The van der Waals surface area contributed by atoms with Crippen LogP contribution in [0.2, 0.25) is 0 Å². The van der Waals surface area contributed by atoms with Gasteiger partial charge in [0.15, 0.2) is 5.78 Å². The summed E-state index contributed by atoms with van der Waals surface area (Å²) in [7, 11) is 0. The van der Waals surface area contributed by atoms with Gasteiger partial charge < -0.3 is 25.6 Å². The van der Waals surface area contributed by atoms with Crippen LogP contribution in [0, 0.1) is 23.7 Å². The van der Waals surface area contributed by atoms with Gasteiger partial charge in [0.2, 0.25) is 17.7 Å². The second-order valence-electron chi connectivity index (χ2n) is 10.7. The summed E-state index contributed by atoms with van der Waals surface area (Å²) in [5.74, 6) is -8.22. The molecule has 3 saturated heterocycles. The average molecular weight is 586 g/mol. The van der Waals surface area contributed by atoms with Crippen LogP contribution in [0.25, 0.3) is 0 Å². The van der Waals surface area contributed by atoms with Crippen molar-refractivity contribution < 1.29 is 59.8 Å². The van der Waals surface area contributed by atoms with Crippen molar-refractivity contribution in [3.63, 3.8) is 0 Å². The third kappa shape index (κ3) is 6.19. The molecule has 4 amide bonds. The van der Waals surface area contributed by atoms with Gasteiger partial charge in [-0.1, -0.05) is 6.92 Å². The number of Topliss-reactive ketones (excluding diaryl/α,β-unsaturated/α-hetero) is 1. The lowest BCUT2D eigenvalue weighted by molar-refractivity contribution is -0.321. The number of alkyl halides is 6. The summed E-state index contributed by atoms with van der Waals surface area (Å²) in [5, 5.41) is 6.64. The van der Waals surface area contributed by atoms with Crippen molar-refractivity contribution >= 4 is 29.4 Å². The number of carbonyl (C=O) groups is 5. The quantitative estimate of drug-likeness (QED) is 0.324. The number of carbonyl (C=O) groups excluding carboxylic acids is 5.